The molecule has 9 heteroatoms. The zero-order chi connectivity index (χ0) is 21.0. The zero-order valence-electron chi connectivity index (χ0n) is 16.2. The topological polar surface area (TPSA) is 89.9 Å². The van der Waals surface area contributed by atoms with Crippen molar-refractivity contribution in [3.63, 3.8) is 0 Å². The van der Waals surface area contributed by atoms with E-state index in [1.807, 2.05) is 6.92 Å². The molecule has 1 aromatic carbocycles. The largest absolute Gasteiger partial charge is 0.397 e. The molecule has 152 valence electrons. The lowest BCUT2D eigenvalue weighted by Gasteiger charge is -2.28. The van der Waals surface area contributed by atoms with E-state index in [4.69, 9.17) is 28.9 Å². The van der Waals surface area contributed by atoms with Gasteiger partial charge in [-0.05, 0) is 43.5 Å². The highest BCUT2D eigenvalue weighted by molar-refractivity contribution is 6.31. The first kappa shape index (κ1) is 21.1. The number of nitrogens with zero attached hydrogens (tertiary/aromatic N) is 5. The predicted molar refractivity (Wildman–Crippen MR) is 115 cm³/mol. The summed E-state index contributed by atoms with van der Waals surface area (Å²) in [5, 5.41) is 9.25. The number of hydrogen-bond donors (Lipinski definition) is 1. The molecular formula is C20H22Cl2N6O. The number of pyridine rings is 1. The van der Waals surface area contributed by atoms with Crippen molar-refractivity contribution >= 4 is 34.8 Å². The first-order valence-corrected chi connectivity index (χ1v) is 9.99. The van der Waals surface area contributed by atoms with Crippen LogP contribution in [-0.4, -0.2) is 43.9 Å². The molecule has 3 aromatic rings. The zero-order valence-corrected chi connectivity index (χ0v) is 17.7. The maximum absolute atomic E-state index is 13.3. The molecule has 0 saturated heterocycles. The fourth-order valence-corrected chi connectivity index (χ4v) is 3.56. The summed E-state index contributed by atoms with van der Waals surface area (Å²) >= 11 is 12.1. The fourth-order valence-electron chi connectivity index (χ4n) is 3.22. The molecular weight excluding hydrogens is 411 g/mol. The first-order valence-electron chi connectivity index (χ1n) is 9.24. The number of halogens is 2. The molecule has 2 heterocycles. The van der Waals surface area contributed by atoms with Gasteiger partial charge in [0, 0.05) is 24.3 Å². The SMILES string of the molecule is CC[C@@H](CCc1ncc(Cl)cc1N)N(C)C(=O)c1cc(Cl)ccc1-n1nccn1. The molecule has 0 bridgehead atoms. The smallest absolute Gasteiger partial charge is 0.256 e. The van der Waals surface area contributed by atoms with Crippen LogP contribution in [0.1, 0.15) is 35.8 Å². The second-order valence-electron chi connectivity index (χ2n) is 6.69. The third kappa shape index (κ3) is 4.86. The van der Waals surface area contributed by atoms with Crippen LogP contribution in [-0.2, 0) is 6.42 Å². The molecule has 0 spiro atoms. The van der Waals surface area contributed by atoms with Crippen molar-refractivity contribution in [2.75, 3.05) is 12.8 Å². The Morgan fingerprint density at radius 1 is 1.21 bits per heavy atom. The third-order valence-electron chi connectivity index (χ3n) is 4.85. The van der Waals surface area contributed by atoms with Gasteiger partial charge in [0.1, 0.15) is 0 Å². The molecule has 0 fully saturated rings. The van der Waals surface area contributed by atoms with Crippen LogP contribution in [0.5, 0.6) is 0 Å². The third-order valence-corrected chi connectivity index (χ3v) is 5.29. The highest BCUT2D eigenvalue weighted by Gasteiger charge is 2.24. The Hall–Kier alpha value is -2.64. The number of aryl methyl sites for hydroxylation is 1. The Morgan fingerprint density at radius 2 is 1.93 bits per heavy atom. The lowest BCUT2D eigenvalue weighted by atomic mass is 10.0. The lowest BCUT2D eigenvalue weighted by Crippen LogP contribution is -2.37. The van der Waals surface area contributed by atoms with E-state index < -0.39 is 0 Å². The van der Waals surface area contributed by atoms with Crippen LogP contribution >= 0.6 is 23.2 Å². The summed E-state index contributed by atoms with van der Waals surface area (Å²) in [7, 11) is 1.79. The van der Waals surface area contributed by atoms with Gasteiger partial charge in [-0.2, -0.15) is 15.0 Å². The second kappa shape index (κ2) is 9.24. The predicted octanol–water partition coefficient (Wildman–Crippen LogP) is 4.03. The normalized spacial score (nSPS) is 12.0. The second-order valence-corrected chi connectivity index (χ2v) is 7.56. The van der Waals surface area contributed by atoms with Gasteiger partial charge < -0.3 is 10.6 Å². The Balaban J connectivity index is 1.80. The maximum Gasteiger partial charge on any atom is 0.256 e. The Bertz CT molecular complexity index is 993. The quantitative estimate of drug-likeness (QED) is 0.608. The number of anilines is 1. The van der Waals surface area contributed by atoms with Gasteiger partial charge in [-0.15, -0.1) is 0 Å². The lowest BCUT2D eigenvalue weighted by molar-refractivity contribution is 0.0719. The Kier molecular flexibility index (Phi) is 6.71. The first-order chi connectivity index (χ1) is 13.9. The number of amides is 1. The van der Waals surface area contributed by atoms with Gasteiger partial charge in [-0.1, -0.05) is 30.1 Å². The van der Waals surface area contributed by atoms with E-state index in [2.05, 4.69) is 15.2 Å². The van der Waals surface area contributed by atoms with Crippen molar-refractivity contribution in [3.05, 3.63) is 64.2 Å². The van der Waals surface area contributed by atoms with E-state index in [0.717, 1.165) is 12.1 Å². The molecule has 3 rings (SSSR count). The fraction of sp³-hybridized carbons (Fsp3) is 0.300. The van der Waals surface area contributed by atoms with Crippen molar-refractivity contribution < 1.29 is 4.79 Å². The van der Waals surface area contributed by atoms with Crippen LogP contribution in [0.15, 0.2) is 42.9 Å². The molecule has 0 saturated carbocycles. The summed E-state index contributed by atoms with van der Waals surface area (Å²) < 4.78 is 0. The summed E-state index contributed by atoms with van der Waals surface area (Å²) in [5.74, 6) is -0.149. The van der Waals surface area contributed by atoms with Crippen molar-refractivity contribution in [2.24, 2.45) is 0 Å². The number of nitrogens with two attached hydrogens (primary N) is 1. The van der Waals surface area contributed by atoms with Crippen molar-refractivity contribution in [1.82, 2.24) is 24.9 Å². The van der Waals surface area contributed by atoms with E-state index in [0.29, 0.717) is 39.8 Å². The van der Waals surface area contributed by atoms with Crippen LogP contribution in [0.3, 0.4) is 0 Å². The van der Waals surface area contributed by atoms with Gasteiger partial charge in [-0.25, -0.2) is 0 Å². The molecule has 0 aliphatic rings. The molecule has 0 aliphatic carbocycles. The van der Waals surface area contributed by atoms with Crippen LogP contribution < -0.4 is 5.73 Å². The van der Waals surface area contributed by atoms with Crippen molar-refractivity contribution in [2.45, 2.75) is 32.2 Å². The van der Waals surface area contributed by atoms with Gasteiger partial charge in [0.2, 0.25) is 0 Å². The molecule has 0 aliphatic heterocycles. The Labute approximate surface area is 179 Å². The summed E-state index contributed by atoms with van der Waals surface area (Å²) in [6, 6.07) is 6.78. The molecule has 2 aromatic heterocycles. The molecule has 0 radical (unpaired) electrons. The molecule has 1 atom stereocenters. The summed E-state index contributed by atoms with van der Waals surface area (Å²) in [4.78, 5) is 20.7. The van der Waals surface area contributed by atoms with E-state index in [9.17, 15) is 4.79 Å². The number of aromatic nitrogens is 4. The van der Waals surface area contributed by atoms with Crippen LogP contribution in [0.25, 0.3) is 5.69 Å². The number of carbonyl (C=O) groups is 1. The van der Waals surface area contributed by atoms with E-state index in [-0.39, 0.29) is 11.9 Å². The number of nitrogen functional groups attached to an aromatic ring is 1. The summed E-state index contributed by atoms with van der Waals surface area (Å²) in [5.41, 5.74) is 8.36. The average Bonchev–Trinajstić information content (AvgIpc) is 3.23. The van der Waals surface area contributed by atoms with Crippen molar-refractivity contribution in [3.8, 4) is 5.69 Å². The maximum atomic E-state index is 13.3. The van der Waals surface area contributed by atoms with Crippen LogP contribution in [0, 0.1) is 0 Å². The standard InChI is InChI=1S/C20H22Cl2N6O/c1-3-15(5-6-18-17(23)11-14(22)12-24-18)27(2)20(29)16-10-13(21)4-7-19(16)28-25-8-9-26-28/h4,7-12,15H,3,5-6,23H2,1-2H3/t15-/m0/s1. The van der Waals surface area contributed by atoms with Crippen LogP contribution in [0.4, 0.5) is 5.69 Å². The van der Waals surface area contributed by atoms with Gasteiger partial charge in [0.25, 0.3) is 5.91 Å². The highest BCUT2D eigenvalue weighted by atomic mass is 35.5. The van der Waals surface area contributed by atoms with E-state index >= 15 is 0 Å². The van der Waals surface area contributed by atoms with Crippen LogP contribution in [0.2, 0.25) is 10.0 Å². The van der Waals surface area contributed by atoms with Gasteiger partial charge >= 0.3 is 0 Å². The number of rotatable bonds is 7. The molecule has 1 amide bonds. The van der Waals surface area contributed by atoms with E-state index in [1.165, 1.54) is 4.80 Å². The highest BCUT2D eigenvalue weighted by Crippen LogP contribution is 2.23. The number of benzene rings is 1. The average molecular weight is 433 g/mol. The summed E-state index contributed by atoms with van der Waals surface area (Å²) in [6.07, 6.45) is 6.84. The summed E-state index contributed by atoms with van der Waals surface area (Å²) in [6.45, 7) is 2.04. The minimum absolute atomic E-state index is 0.00297. The molecule has 0 unspecified atom stereocenters. The molecule has 29 heavy (non-hydrogen) atoms. The molecule has 2 N–H and O–H groups in total. The number of carbonyl (C=O) groups excluding carboxylic acids is 1. The van der Waals surface area contributed by atoms with Gasteiger partial charge in [0.05, 0.1) is 40.0 Å². The van der Waals surface area contributed by atoms with Crippen molar-refractivity contribution in [1.29, 1.82) is 0 Å². The minimum atomic E-state index is -0.149. The monoisotopic (exact) mass is 432 g/mol. The van der Waals surface area contributed by atoms with Gasteiger partial charge in [0.15, 0.2) is 0 Å². The van der Waals surface area contributed by atoms with Gasteiger partial charge in [-0.3, -0.25) is 9.78 Å². The van der Waals surface area contributed by atoms with E-state index in [1.54, 1.807) is 54.8 Å². The molecule has 7 nitrogen and oxygen atoms in total. The Morgan fingerprint density at radius 3 is 2.59 bits per heavy atom. The number of hydrogen-bond acceptors (Lipinski definition) is 5. The minimum Gasteiger partial charge on any atom is -0.397 e.